The molecule has 1 heterocycles. The molecule has 0 aromatic carbocycles. The summed E-state index contributed by atoms with van der Waals surface area (Å²) in [7, 11) is 3.06. The van der Waals surface area contributed by atoms with E-state index in [0.717, 1.165) is 0 Å². The molecule has 0 bridgehead atoms. The van der Waals surface area contributed by atoms with Crippen molar-refractivity contribution in [1.82, 2.24) is 4.90 Å². The summed E-state index contributed by atoms with van der Waals surface area (Å²) >= 11 is 0. The van der Waals surface area contributed by atoms with Crippen LogP contribution in [0, 0.1) is 0 Å². The second kappa shape index (κ2) is 3.01. The van der Waals surface area contributed by atoms with Gasteiger partial charge in [-0.15, -0.1) is 0 Å². The standard InChI is InChI=1S/C8H14FNO2/c1-8(7(11)12-3)4-6(9)5-10(8)2/h6H,4-5H2,1-3H3/t6-,8?/m1/s1. The van der Waals surface area contributed by atoms with Gasteiger partial charge in [-0.1, -0.05) is 0 Å². The predicted molar refractivity (Wildman–Crippen MR) is 42.6 cm³/mol. The molecule has 0 saturated carbocycles. The van der Waals surface area contributed by atoms with Gasteiger partial charge in [-0.3, -0.25) is 9.69 Å². The summed E-state index contributed by atoms with van der Waals surface area (Å²) in [6.45, 7) is 2.02. The van der Waals surface area contributed by atoms with Crippen LogP contribution in [-0.2, 0) is 9.53 Å². The third kappa shape index (κ3) is 1.31. The Morgan fingerprint density at radius 3 is 2.67 bits per heavy atom. The molecule has 0 amide bonds. The predicted octanol–water partition coefficient (Wildman–Crippen LogP) is 0.592. The van der Waals surface area contributed by atoms with Gasteiger partial charge in [0.05, 0.1) is 7.11 Å². The molecule has 0 aliphatic carbocycles. The van der Waals surface area contributed by atoms with E-state index in [2.05, 4.69) is 4.74 Å². The van der Waals surface area contributed by atoms with Crippen molar-refractivity contribution in [2.24, 2.45) is 0 Å². The minimum absolute atomic E-state index is 0.232. The van der Waals surface area contributed by atoms with E-state index in [9.17, 15) is 9.18 Å². The van der Waals surface area contributed by atoms with Crippen molar-refractivity contribution in [2.45, 2.75) is 25.1 Å². The molecule has 4 heteroatoms. The maximum Gasteiger partial charge on any atom is 0.326 e. The maximum absolute atomic E-state index is 12.9. The first-order chi connectivity index (χ1) is 5.50. The Morgan fingerprint density at radius 2 is 2.33 bits per heavy atom. The summed E-state index contributed by atoms with van der Waals surface area (Å²) in [5.41, 5.74) is -0.770. The Morgan fingerprint density at radius 1 is 1.75 bits per heavy atom. The number of carbonyl (C=O) groups is 1. The zero-order valence-electron chi connectivity index (χ0n) is 7.63. The zero-order chi connectivity index (χ0) is 9.35. The third-order valence-corrected chi connectivity index (χ3v) is 2.56. The van der Waals surface area contributed by atoms with Gasteiger partial charge in [-0.05, 0) is 14.0 Å². The SMILES string of the molecule is COC(=O)C1(C)C[C@@H](F)CN1C. The van der Waals surface area contributed by atoms with E-state index in [1.165, 1.54) is 7.11 Å². The quantitative estimate of drug-likeness (QED) is 0.546. The Balaban J connectivity index is 2.77. The number of rotatable bonds is 1. The average molecular weight is 175 g/mol. The number of alkyl halides is 1. The van der Waals surface area contributed by atoms with E-state index in [1.807, 2.05) is 0 Å². The number of likely N-dealkylation sites (N-methyl/N-ethyl adjacent to an activating group) is 1. The van der Waals surface area contributed by atoms with Gasteiger partial charge < -0.3 is 4.74 Å². The highest BCUT2D eigenvalue weighted by atomic mass is 19.1. The van der Waals surface area contributed by atoms with Gasteiger partial charge in [0.15, 0.2) is 0 Å². The molecule has 0 aromatic rings. The van der Waals surface area contributed by atoms with Crippen molar-refractivity contribution in [3.63, 3.8) is 0 Å². The molecule has 3 nitrogen and oxygen atoms in total. The van der Waals surface area contributed by atoms with Crippen LogP contribution < -0.4 is 0 Å². The first-order valence-corrected chi connectivity index (χ1v) is 3.94. The molecular formula is C8H14FNO2. The molecule has 1 fully saturated rings. The van der Waals surface area contributed by atoms with Crippen LogP contribution in [0.15, 0.2) is 0 Å². The van der Waals surface area contributed by atoms with Crippen LogP contribution in [0.2, 0.25) is 0 Å². The lowest BCUT2D eigenvalue weighted by molar-refractivity contribution is -0.151. The molecule has 1 rings (SSSR count). The fraction of sp³-hybridized carbons (Fsp3) is 0.875. The highest BCUT2D eigenvalue weighted by Crippen LogP contribution is 2.30. The smallest absolute Gasteiger partial charge is 0.326 e. The van der Waals surface area contributed by atoms with Gasteiger partial charge in [-0.25, -0.2) is 4.39 Å². The number of carbonyl (C=O) groups excluding carboxylic acids is 1. The zero-order valence-corrected chi connectivity index (χ0v) is 7.63. The first-order valence-electron chi connectivity index (χ1n) is 3.94. The highest BCUT2D eigenvalue weighted by Gasteiger charge is 2.46. The van der Waals surface area contributed by atoms with E-state index in [-0.39, 0.29) is 12.4 Å². The number of hydrogen-bond donors (Lipinski definition) is 0. The van der Waals surface area contributed by atoms with Crippen LogP contribution in [0.5, 0.6) is 0 Å². The molecule has 12 heavy (non-hydrogen) atoms. The highest BCUT2D eigenvalue weighted by molar-refractivity contribution is 5.80. The van der Waals surface area contributed by atoms with E-state index >= 15 is 0 Å². The normalized spacial score (nSPS) is 36.8. The number of hydrogen-bond acceptors (Lipinski definition) is 3. The van der Waals surface area contributed by atoms with Crippen LogP contribution in [0.1, 0.15) is 13.3 Å². The minimum Gasteiger partial charge on any atom is -0.468 e. The molecule has 0 spiro atoms. The van der Waals surface area contributed by atoms with Crippen molar-refractivity contribution in [1.29, 1.82) is 0 Å². The molecule has 1 aliphatic heterocycles. The third-order valence-electron chi connectivity index (χ3n) is 2.56. The Hall–Kier alpha value is -0.640. The second-order valence-corrected chi connectivity index (χ2v) is 3.45. The van der Waals surface area contributed by atoms with Gasteiger partial charge in [0.2, 0.25) is 0 Å². The number of esters is 1. The van der Waals surface area contributed by atoms with Crippen LogP contribution in [-0.4, -0.2) is 43.3 Å². The van der Waals surface area contributed by atoms with Gasteiger partial charge in [-0.2, -0.15) is 0 Å². The fourth-order valence-corrected chi connectivity index (χ4v) is 1.61. The van der Waals surface area contributed by atoms with Gasteiger partial charge >= 0.3 is 5.97 Å². The van der Waals surface area contributed by atoms with Crippen LogP contribution in [0.25, 0.3) is 0 Å². The van der Waals surface area contributed by atoms with Crippen molar-refractivity contribution < 1.29 is 13.9 Å². The summed E-state index contributed by atoms with van der Waals surface area (Å²) in [4.78, 5) is 13.0. The summed E-state index contributed by atoms with van der Waals surface area (Å²) in [5.74, 6) is -0.356. The van der Waals surface area contributed by atoms with E-state index < -0.39 is 11.7 Å². The molecule has 2 atom stereocenters. The largest absolute Gasteiger partial charge is 0.468 e. The van der Waals surface area contributed by atoms with Crippen LogP contribution in [0.4, 0.5) is 4.39 Å². The Bertz CT molecular complexity index is 197. The lowest BCUT2D eigenvalue weighted by Gasteiger charge is -2.28. The number of halogens is 1. The van der Waals surface area contributed by atoms with E-state index in [1.54, 1.807) is 18.9 Å². The van der Waals surface area contributed by atoms with Crippen molar-refractivity contribution >= 4 is 5.97 Å². The molecule has 1 saturated heterocycles. The van der Waals surface area contributed by atoms with Crippen molar-refractivity contribution in [2.75, 3.05) is 20.7 Å². The second-order valence-electron chi connectivity index (χ2n) is 3.45. The van der Waals surface area contributed by atoms with Crippen molar-refractivity contribution in [3.05, 3.63) is 0 Å². The van der Waals surface area contributed by atoms with Crippen LogP contribution >= 0.6 is 0 Å². The van der Waals surface area contributed by atoms with E-state index in [4.69, 9.17) is 0 Å². The van der Waals surface area contributed by atoms with E-state index in [0.29, 0.717) is 6.54 Å². The fourth-order valence-electron chi connectivity index (χ4n) is 1.61. The summed E-state index contributed by atoms with van der Waals surface area (Å²) < 4.78 is 17.5. The number of methoxy groups -OCH3 is 1. The maximum atomic E-state index is 12.9. The Kier molecular flexibility index (Phi) is 2.37. The lowest BCUT2D eigenvalue weighted by atomic mass is 9.99. The minimum atomic E-state index is -0.917. The Labute approximate surface area is 71.5 Å². The van der Waals surface area contributed by atoms with Gasteiger partial charge in [0, 0.05) is 13.0 Å². The van der Waals surface area contributed by atoms with Crippen molar-refractivity contribution in [3.8, 4) is 0 Å². The monoisotopic (exact) mass is 175 g/mol. The number of likely N-dealkylation sites (tertiary alicyclic amines) is 1. The molecular weight excluding hydrogens is 161 g/mol. The summed E-state index contributed by atoms with van der Waals surface area (Å²) in [6, 6.07) is 0. The molecule has 0 N–H and O–H groups in total. The first kappa shape index (κ1) is 9.45. The molecule has 1 aliphatic rings. The summed E-state index contributed by atoms with van der Waals surface area (Å²) in [5, 5.41) is 0. The number of nitrogens with zero attached hydrogens (tertiary/aromatic N) is 1. The number of ether oxygens (including phenoxy) is 1. The molecule has 0 aromatic heterocycles. The molecule has 70 valence electrons. The van der Waals surface area contributed by atoms with Gasteiger partial charge in [0.1, 0.15) is 11.7 Å². The van der Waals surface area contributed by atoms with Gasteiger partial charge in [0.25, 0.3) is 0 Å². The molecule has 1 unspecified atom stereocenters. The molecule has 0 radical (unpaired) electrons. The summed E-state index contributed by atoms with van der Waals surface area (Å²) in [6.07, 6.45) is -0.685. The average Bonchev–Trinajstić information content (AvgIpc) is 2.26. The lowest BCUT2D eigenvalue weighted by Crippen LogP contribution is -2.46. The van der Waals surface area contributed by atoms with Crippen LogP contribution in [0.3, 0.4) is 0 Å². The topological polar surface area (TPSA) is 29.5 Å².